The van der Waals surface area contributed by atoms with E-state index < -0.39 is 17.9 Å². The number of benzene rings is 1. The molecule has 1 atom stereocenters. The van der Waals surface area contributed by atoms with Gasteiger partial charge in [-0.3, -0.25) is 0 Å². The maximum atomic E-state index is 12.6. The Morgan fingerprint density at radius 2 is 2.21 bits per heavy atom. The van der Waals surface area contributed by atoms with Gasteiger partial charge in [0.15, 0.2) is 6.10 Å². The van der Waals surface area contributed by atoms with Crippen molar-refractivity contribution in [3.63, 3.8) is 0 Å². The number of halogens is 2. The molecule has 0 aliphatic rings. The number of rotatable bonds is 3. The van der Waals surface area contributed by atoms with Gasteiger partial charge in [0.1, 0.15) is 5.82 Å². The van der Waals surface area contributed by atoms with E-state index in [-0.39, 0.29) is 11.4 Å². The van der Waals surface area contributed by atoms with Crippen molar-refractivity contribution in [1.29, 1.82) is 0 Å². The van der Waals surface area contributed by atoms with Crippen molar-refractivity contribution in [3.8, 4) is 0 Å². The molecule has 0 spiro atoms. The highest BCUT2D eigenvalue weighted by molar-refractivity contribution is 6.31. The van der Waals surface area contributed by atoms with E-state index >= 15 is 0 Å². The Morgan fingerprint density at radius 3 is 2.71 bits per heavy atom. The fraction of sp³-hybridized carbons (Fsp3) is 0.222. The molecule has 76 valence electrons. The second kappa shape index (κ2) is 4.39. The van der Waals surface area contributed by atoms with Gasteiger partial charge in [0.2, 0.25) is 0 Å². The Labute approximate surface area is 84.7 Å². The molecule has 1 unspecified atom stereocenters. The zero-order chi connectivity index (χ0) is 10.7. The fourth-order valence-corrected chi connectivity index (χ4v) is 1.23. The summed E-state index contributed by atoms with van der Waals surface area (Å²) in [5.74, 6) is -1.83. The number of aliphatic hydroxyl groups excluding tert-OH is 1. The summed E-state index contributed by atoms with van der Waals surface area (Å²) in [6.07, 6.45) is -1.65. The van der Waals surface area contributed by atoms with Crippen LogP contribution < -0.4 is 0 Å². The van der Waals surface area contributed by atoms with Crippen molar-refractivity contribution in [2.24, 2.45) is 0 Å². The first-order valence-electron chi connectivity index (χ1n) is 3.85. The van der Waals surface area contributed by atoms with E-state index in [1.54, 1.807) is 0 Å². The second-order valence-electron chi connectivity index (χ2n) is 2.79. The quantitative estimate of drug-likeness (QED) is 0.808. The van der Waals surface area contributed by atoms with Crippen LogP contribution in [-0.2, 0) is 11.2 Å². The minimum absolute atomic E-state index is 0.116. The third kappa shape index (κ3) is 2.68. The molecule has 1 aromatic carbocycles. The van der Waals surface area contributed by atoms with Crippen LogP contribution in [-0.4, -0.2) is 22.3 Å². The molecule has 0 radical (unpaired) electrons. The molecule has 0 saturated heterocycles. The summed E-state index contributed by atoms with van der Waals surface area (Å²) in [5, 5.41) is 17.6. The first-order valence-corrected chi connectivity index (χ1v) is 4.23. The minimum Gasteiger partial charge on any atom is -0.479 e. The summed E-state index contributed by atoms with van der Waals surface area (Å²) in [7, 11) is 0. The average molecular weight is 219 g/mol. The maximum absolute atomic E-state index is 12.6. The minimum atomic E-state index is -1.52. The third-order valence-corrected chi connectivity index (χ3v) is 2.07. The van der Waals surface area contributed by atoms with Gasteiger partial charge >= 0.3 is 5.97 Å². The van der Waals surface area contributed by atoms with E-state index in [4.69, 9.17) is 21.8 Å². The SMILES string of the molecule is O=C(O)C(O)Cc1ccc(F)cc1Cl. The molecule has 0 heterocycles. The van der Waals surface area contributed by atoms with Crippen molar-refractivity contribution in [3.05, 3.63) is 34.6 Å². The van der Waals surface area contributed by atoms with Crippen molar-refractivity contribution in [1.82, 2.24) is 0 Å². The molecule has 1 rings (SSSR count). The first-order chi connectivity index (χ1) is 6.50. The molecule has 2 N–H and O–H groups in total. The molecular weight excluding hydrogens is 211 g/mol. The highest BCUT2D eigenvalue weighted by atomic mass is 35.5. The number of carboxylic acids is 1. The van der Waals surface area contributed by atoms with Crippen LogP contribution in [0.15, 0.2) is 18.2 Å². The monoisotopic (exact) mass is 218 g/mol. The molecule has 0 fully saturated rings. The predicted octanol–water partition coefficient (Wildman–Crippen LogP) is 1.47. The zero-order valence-electron chi connectivity index (χ0n) is 7.08. The van der Waals surface area contributed by atoms with E-state index in [1.807, 2.05) is 0 Å². The van der Waals surface area contributed by atoms with Crippen molar-refractivity contribution < 1.29 is 19.4 Å². The molecular formula is C9H8ClFO3. The molecule has 3 nitrogen and oxygen atoms in total. The maximum Gasteiger partial charge on any atom is 0.332 e. The molecule has 5 heteroatoms. The molecule has 1 aromatic rings. The average Bonchev–Trinajstić information content (AvgIpc) is 2.09. The van der Waals surface area contributed by atoms with E-state index in [1.165, 1.54) is 6.07 Å². The Kier molecular flexibility index (Phi) is 3.43. The van der Waals surface area contributed by atoms with Crippen molar-refractivity contribution in [2.75, 3.05) is 0 Å². The summed E-state index contributed by atoms with van der Waals surface area (Å²) in [6, 6.07) is 3.59. The summed E-state index contributed by atoms with van der Waals surface area (Å²) >= 11 is 5.63. The smallest absolute Gasteiger partial charge is 0.332 e. The van der Waals surface area contributed by atoms with Gasteiger partial charge in [0.25, 0.3) is 0 Å². The van der Waals surface area contributed by atoms with E-state index in [0.29, 0.717) is 5.56 Å². The fourth-order valence-electron chi connectivity index (χ4n) is 0.983. The number of aliphatic hydroxyl groups is 1. The molecule has 0 aliphatic carbocycles. The van der Waals surface area contributed by atoms with Gasteiger partial charge in [-0.1, -0.05) is 17.7 Å². The van der Waals surface area contributed by atoms with E-state index in [2.05, 4.69) is 0 Å². The number of hydrogen-bond donors (Lipinski definition) is 2. The van der Waals surface area contributed by atoms with Gasteiger partial charge in [-0.05, 0) is 17.7 Å². The van der Waals surface area contributed by atoms with Crippen LogP contribution in [0.5, 0.6) is 0 Å². The van der Waals surface area contributed by atoms with Crippen LogP contribution in [0.1, 0.15) is 5.56 Å². The normalized spacial score (nSPS) is 12.5. The van der Waals surface area contributed by atoms with Gasteiger partial charge in [-0.15, -0.1) is 0 Å². The molecule has 14 heavy (non-hydrogen) atoms. The van der Waals surface area contributed by atoms with Crippen molar-refractivity contribution >= 4 is 17.6 Å². The lowest BCUT2D eigenvalue weighted by molar-refractivity contribution is -0.146. The van der Waals surface area contributed by atoms with Gasteiger partial charge in [0.05, 0.1) is 0 Å². The summed E-state index contributed by atoms with van der Waals surface area (Å²) in [5.41, 5.74) is 0.406. The molecule has 0 aromatic heterocycles. The van der Waals surface area contributed by atoms with E-state index in [0.717, 1.165) is 12.1 Å². The summed E-state index contributed by atoms with van der Waals surface area (Å²) < 4.78 is 12.6. The van der Waals surface area contributed by atoms with E-state index in [9.17, 15) is 9.18 Å². The Morgan fingerprint density at radius 1 is 1.57 bits per heavy atom. The zero-order valence-corrected chi connectivity index (χ0v) is 7.83. The Bertz CT molecular complexity index is 354. The predicted molar refractivity (Wildman–Crippen MR) is 48.8 cm³/mol. The molecule has 0 amide bonds. The number of carboxylic acid groups (broad SMARTS) is 1. The summed E-state index contributed by atoms with van der Waals surface area (Å²) in [4.78, 5) is 10.3. The van der Waals surface area contributed by atoms with Gasteiger partial charge in [-0.2, -0.15) is 0 Å². The standard InChI is InChI=1S/C9H8ClFO3/c10-7-4-6(11)2-1-5(7)3-8(12)9(13)14/h1-2,4,8,12H,3H2,(H,13,14). The Balaban J connectivity index is 2.82. The van der Waals surface area contributed by atoms with Gasteiger partial charge in [-0.25, -0.2) is 9.18 Å². The van der Waals surface area contributed by atoms with Crippen LogP contribution in [0.25, 0.3) is 0 Å². The van der Waals surface area contributed by atoms with Crippen LogP contribution in [0.3, 0.4) is 0 Å². The largest absolute Gasteiger partial charge is 0.479 e. The number of carbonyl (C=O) groups is 1. The van der Waals surface area contributed by atoms with Crippen LogP contribution >= 0.6 is 11.6 Å². The Hall–Kier alpha value is -1.13. The lowest BCUT2D eigenvalue weighted by Crippen LogP contribution is -2.22. The number of aliphatic carboxylic acids is 1. The first kappa shape index (κ1) is 10.9. The molecule has 0 aliphatic heterocycles. The van der Waals surface area contributed by atoms with Gasteiger partial charge in [0, 0.05) is 11.4 Å². The van der Waals surface area contributed by atoms with Crippen LogP contribution in [0, 0.1) is 5.82 Å². The van der Waals surface area contributed by atoms with Crippen LogP contribution in [0.2, 0.25) is 5.02 Å². The van der Waals surface area contributed by atoms with Gasteiger partial charge < -0.3 is 10.2 Å². The lowest BCUT2D eigenvalue weighted by atomic mass is 10.1. The van der Waals surface area contributed by atoms with Crippen LogP contribution in [0.4, 0.5) is 4.39 Å². The lowest BCUT2D eigenvalue weighted by Gasteiger charge is -2.06. The van der Waals surface area contributed by atoms with Crippen molar-refractivity contribution in [2.45, 2.75) is 12.5 Å². The number of hydrogen-bond acceptors (Lipinski definition) is 2. The summed E-state index contributed by atoms with van der Waals surface area (Å²) in [6.45, 7) is 0. The molecule has 0 saturated carbocycles. The highest BCUT2D eigenvalue weighted by Crippen LogP contribution is 2.18. The second-order valence-corrected chi connectivity index (χ2v) is 3.20. The third-order valence-electron chi connectivity index (χ3n) is 1.71. The topological polar surface area (TPSA) is 57.5 Å². The molecule has 0 bridgehead atoms. The highest BCUT2D eigenvalue weighted by Gasteiger charge is 2.15.